The molecule has 1 heteroatoms. The summed E-state index contributed by atoms with van der Waals surface area (Å²) in [6.07, 6.45) is 12.6. The maximum atomic E-state index is 5.50. The van der Waals surface area contributed by atoms with Crippen LogP contribution in [0.1, 0.15) is 58.3 Å². The molecule has 4 atom stereocenters. The van der Waals surface area contributed by atoms with Crippen molar-refractivity contribution in [3.63, 3.8) is 0 Å². The van der Waals surface area contributed by atoms with Gasteiger partial charge in [-0.3, -0.25) is 0 Å². The van der Waals surface area contributed by atoms with Crippen molar-refractivity contribution in [1.82, 2.24) is 0 Å². The number of allylic oxidation sites excluding steroid dienone is 4. The molecule has 0 spiro atoms. The Kier molecular flexibility index (Phi) is 3.38. The van der Waals surface area contributed by atoms with E-state index in [1.54, 1.807) is 11.1 Å². The third kappa shape index (κ3) is 1.91. The molecule has 2 saturated carbocycles. The summed E-state index contributed by atoms with van der Waals surface area (Å²) >= 11 is 0. The lowest BCUT2D eigenvalue weighted by molar-refractivity contribution is 0.0618. The van der Waals surface area contributed by atoms with Crippen molar-refractivity contribution in [2.24, 2.45) is 23.2 Å². The van der Waals surface area contributed by atoms with Crippen LogP contribution in [0.15, 0.2) is 40.9 Å². The number of fused-ring (bicyclic) bond motifs is 4. The maximum absolute atomic E-state index is 5.50. The first kappa shape index (κ1) is 14.4. The molecule has 0 amide bonds. The molecule has 0 heterocycles. The Balaban J connectivity index is 1.63. The molecule has 0 aromatic rings. The van der Waals surface area contributed by atoms with Crippen LogP contribution < -0.4 is 0 Å². The molecular formula is C21H28O. The summed E-state index contributed by atoms with van der Waals surface area (Å²) in [4.78, 5) is 0. The zero-order chi connectivity index (χ0) is 15.3. The zero-order valence-corrected chi connectivity index (χ0v) is 14.1. The van der Waals surface area contributed by atoms with E-state index in [4.69, 9.17) is 4.74 Å². The third-order valence-corrected chi connectivity index (χ3v) is 7.32. The van der Waals surface area contributed by atoms with Gasteiger partial charge in [0.15, 0.2) is 0 Å². The maximum Gasteiger partial charge on any atom is 0.0959 e. The largest absolute Gasteiger partial charge is 0.501 e. The Bertz CT molecular complexity index is 601. The standard InChI is InChI=1S/C21H28O/c1-4-15-6-10-20-19-8-5-14-13-16(22-3)7-9-17(14)18(19)11-12-21(15,20)2/h7,18-20H,1,5-6,8-13H2,2-3H3/t18-,19-,20+,21-/m1/s1. The van der Waals surface area contributed by atoms with Crippen LogP contribution in [0.2, 0.25) is 0 Å². The number of hydrogen-bond acceptors (Lipinski definition) is 1. The van der Waals surface area contributed by atoms with Crippen molar-refractivity contribution >= 4 is 0 Å². The lowest BCUT2D eigenvalue weighted by Crippen LogP contribution is -2.41. The number of hydrogen-bond donors (Lipinski definition) is 0. The van der Waals surface area contributed by atoms with Gasteiger partial charge in [-0.15, -0.1) is 5.73 Å². The summed E-state index contributed by atoms with van der Waals surface area (Å²) < 4.78 is 5.50. The summed E-state index contributed by atoms with van der Waals surface area (Å²) in [6.45, 7) is 6.48. The highest BCUT2D eigenvalue weighted by molar-refractivity contribution is 5.34. The number of methoxy groups -OCH3 is 1. The second kappa shape index (κ2) is 5.17. The second-order valence-corrected chi connectivity index (χ2v) is 7.95. The molecule has 1 nitrogen and oxygen atoms in total. The molecule has 0 aromatic carbocycles. The molecule has 0 aromatic heterocycles. The lowest BCUT2D eigenvalue weighted by Gasteiger charge is -2.50. The predicted molar refractivity (Wildman–Crippen MR) is 90.3 cm³/mol. The van der Waals surface area contributed by atoms with E-state index >= 15 is 0 Å². The summed E-state index contributed by atoms with van der Waals surface area (Å²) in [7, 11) is 1.82. The molecule has 4 aliphatic carbocycles. The van der Waals surface area contributed by atoms with E-state index in [1.807, 2.05) is 7.11 Å². The van der Waals surface area contributed by atoms with Crippen LogP contribution in [0.4, 0.5) is 0 Å². The highest BCUT2D eigenvalue weighted by atomic mass is 16.5. The monoisotopic (exact) mass is 296 g/mol. The first-order valence-electron chi connectivity index (χ1n) is 9.00. The number of rotatable bonds is 1. The van der Waals surface area contributed by atoms with Crippen LogP contribution in [0, 0.1) is 23.2 Å². The molecule has 0 saturated heterocycles. The zero-order valence-electron chi connectivity index (χ0n) is 14.1. The molecule has 4 aliphatic rings. The van der Waals surface area contributed by atoms with Crippen molar-refractivity contribution in [2.75, 3.05) is 7.11 Å². The van der Waals surface area contributed by atoms with E-state index in [2.05, 4.69) is 25.3 Å². The Labute approximate surface area is 134 Å². The minimum Gasteiger partial charge on any atom is -0.501 e. The minimum absolute atomic E-state index is 0.406. The molecule has 2 fully saturated rings. The molecular weight excluding hydrogens is 268 g/mol. The normalized spacial score (nSPS) is 40.4. The fourth-order valence-corrected chi connectivity index (χ4v) is 6.15. The summed E-state index contributed by atoms with van der Waals surface area (Å²) in [5.74, 6) is 3.81. The van der Waals surface area contributed by atoms with Crippen molar-refractivity contribution < 1.29 is 4.74 Å². The molecule has 0 aliphatic heterocycles. The van der Waals surface area contributed by atoms with Gasteiger partial charge in [-0.1, -0.05) is 24.6 Å². The molecule has 4 rings (SSSR count). The van der Waals surface area contributed by atoms with Gasteiger partial charge in [-0.05, 0) is 79.8 Å². The van der Waals surface area contributed by atoms with Crippen LogP contribution in [0.25, 0.3) is 0 Å². The van der Waals surface area contributed by atoms with E-state index in [1.165, 1.54) is 49.9 Å². The molecule has 0 unspecified atom stereocenters. The first-order chi connectivity index (χ1) is 10.7. The van der Waals surface area contributed by atoms with Gasteiger partial charge in [0.1, 0.15) is 0 Å². The summed E-state index contributed by atoms with van der Waals surface area (Å²) in [5.41, 5.74) is 8.73. The Morgan fingerprint density at radius 1 is 1.27 bits per heavy atom. The Morgan fingerprint density at radius 2 is 2.14 bits per heavy atom. The Hall–Kier alpha value is -1.20. The van der Waals surface area contributed by atoms with Gasteiger partial charge in [-0.2, -0.15) is 0 Å². The van der Waals surface area contributed by atoms with E-state index in [0.29, 0.717) is 5.41 Å². The van der Waals surface area contributed by atoms with Gasteiger partial charge in [-0.25, -0.2) is 0 Å². The average Bonchev–Trinajstić information content (AvgIpc) is 2.90. The Morgan fingerprint density at radius 3 is 2.91 bits per heavy atom. The van der Waals surface area contributed by atoms with E-state index in [9.17, 15) is 0 Å². The second-order valence-electron chi connectivity index (χ2n) is 7.95. The van der Waals surface area contributed by atoms with Gasteiger partial charge >= 0.3 is 0 Å². The van der Waals surface area contributed by atoms with Gasteiger partial charge < -0.3 is 4.74 Å². The highest BCUT2D eigenvalue weighted by Gasteiger charge is 2.52. The van der Waals surface area contributed by atoms with Crippen molar-refractivity contribution in [3.8, 4) is 0 Å². The minimum atomic E-state index is 0.406. The average molecular weight is 296 g/mol. The quantitative estimate of drug-likeness (QED) is 0.455. The van der Waals surface area contributed by atoms with Crippen LogP contribution in [0.3, 0.4) is 0 Å². The molecule has 0 N–H and O–H groups in total. The van der Waals surface area contributed by atoms with Crippen LogP contribution in [-0.4, -0.2) is 7.11 Å². The summed E-state index contributed by atoms with van der Waals surface area (Å²) in [5, 5.41) is 0. The van der Waals surface area contributed by atoms with Crippen molar-refractivity contribution in [2.45, 2.75) is 58.3 Å². The van der Waals surface area contributed by atoms with Crippen molar-refractivity contribution in [3.05, 3.63) is 40.9 Å². The molecule has 0 bridgehead atoms. The molecule has 22 heavy (non-hydrogen) atoms. The fraction of sp³-hybridized carbons (Fsp3) is 0.667. The van der Waals surface area contributed by atoms with Crippen LogP contribution >= 0.6 is 0 Å². The van der Waals surface area contributed by atoms with Crippen LogP contribution in [0.5, 0.6) is 0 Å². The summed E-state index contributed by atoms with van der Waals surface area (Å²) in [6, 6.07) is 0. The van der Waals surface area contributed by atoms with Gasteiger partial charge in [0.25, 0.3) is 0 Å². The molecule has 118 valence electrons. The van der Waals surface area contributed by atoms with E-state index < -0.39 is 0 Å². The smallest absolute Gasteiger partial charge is 0.0959 e. The van der Waals surface area contributed by atoms with Gasteiger partial charge in [0.2, 0.25) is 0 Å². The lowest BCUT2D eigenvalue weighted by atomic mass is 9.54. The van der Waals surface area contributed by atoms with Crippen molar-refractivity contribution in [1.29, 1.82) is 0 Å². The first-order valence-corrected chi connectivity index (χ1v) is 9.00. The highest BCUT2D eigenvalue weighted by Crippen LogP contribution is 2.62. The third-order valence-electron chi connectivity index (χ3n) is 7.32. The number of ether oxygens (including phenoxy) is 1. The topological polar surface area (TPSA) is 9.23 Å². The van der Waals surface area contributed by atoms with Gasteiger partial charge in [0.05, 0.1) is 12.9 Å². The van der Waals surface area contributed by atoms with E-state index in [0.717, 1.165) is 30.6 Å². The fourth-order valence-electron chi connectivity index (χ4n) is 6.15. The van der Waals surface area contributed by atoms with Crippen LogP contribution in [-0.2, 0) is 4.74 Å². The van der Waals surface area contributed by atoms with Gasteiger partial charge in [0, 0.05) is 6.42 Å². The molecule has 0 radical (unpaired) electrons. The van der Waals surface area contributed by atoms with E-state index in [-0.39, 0.29) is 0 Å². The predicted octanol–water partition coefficient (Wildman–Crippen LogP) is 5.55. The SMILES string of the molecule is C=C=C1CC[C@H]2[C@@H]3CCC4=C(CC=C(OC)C4)[C@H]3CC[C@]12C.